The van der Waals surface area contributed by atoms with Gasteiger partial charge in [0.2, 0.25) is 0 Å². The summed E-state index contributed by atoms with van der Waals surface area (Å²) in [6.45, 7) is 0.567. The van der Waals surface area contributed by atoms with E-state index in [2.05, 4.69) is 5.32 Å². The van der Waals surface area contributed by atoms with Gasteiger partial charge >= 0.3 is 0 Å². The zero-order valence-corrected chi connectivity index (χ0v) is 11.8. The number of hydrogen-bond donors (Lipinski definition) is 1. The largest absolute Gasteiger partial charge is 0.355 e. The molecule has 106 valence electrons. The Balaban J connectivity index is 2.26. The van der Waals surface area contributed by atoms with Crippen LogP contribution in [0.3, 0.4) is 0 Å². The van der Waals surface area contributed by atoms with E-state index in [9.17, 15) is 14.4 Å². The summed E-state index contributed by atoms with van der Waals surface area (Å²) in [6.07, 6.45) is 0.675. The van der Waals surface area contributed by atoms with Crippen molar-refractivity contribution in [3.8, 4) is 0 Å². The lowest BCUT2D eigenvalue weighted by molar-refractivity contribution is 0.0816. The van der Waals surface area contributed by atoms with Gasteiger partial charge in [0.05, 0.1) is 5.56 Å². The molecular weight excluding hydrogens is 268 g/mol. The summed E-state index contributed by atoms with van der Waals surface area (Å²) in [5, 5.41) is 4.15. The lowest BCUT2D eigenvalue weighted by atomic mass is 9.97. The molecule has 5 heteroatoms. The molecule has 1 aliphatic heterocycles. The highest BCUT2D eigenvalue weighted by atomic mass is 16.2. The number of carbonyl (C=O) groups is 3. The molecule has 21 heavy (non-hydrogen) atoms. The van der Waals surface area contributed by atoms with Crippen LogP contribution in [-0.4, -0.2) is 37.1 Å². The van der Waals surface area contributed by atoms with Crippen molar-refractivity contribution >= 4 is 28.9 Å². The summed E-state index contributed by atoms with van der Waals surface area (Å²) in [7, 11) is 3.27. The van der Waals surface area contributed by atoms with Crippen molar-refractivity contribution in [2.24, 2.45) is 0 Å². The van der Waals surface area contributed by atoms with E-state index < -0.39 is 0 Å². The van der Waals surface area contributed by atoms with Gasteiger partial charge in [0.1, 0.15) is 0 Å². The van der Waals surface area contributed by atoms with Gasteiger partial charge in [-0.2, -0.15) is 0 Å². The second-order valence-corrected chi connectivity index (χ2v) is 5.15. The van der Waals surface area contributed by atoms with Crippen LogP contribution >= 0.6 is 0 Å². The second-order valence-electron chi connectivity index (χ2n) is 5.15. The van der Waals surface area contributed by atoms with E-state index in [-0.39, 0.29) is 11.8 Å². The van der Waals surface area contributed by atoms with E-state index in [1.165, 1.54) is 7.05 Å². The first kappa shape index (κ1) is 13.3. The first-order valence-corrected chi connectivity index (χ1v) is 6.58. The molecule has 0 fully saturated rings. The van der Waals surface area contributed by atoms with Crippen LogP contribution in [0, 0.1) is 0 Å². The van der Waals surface area contributed by atoms with Crippen LogP contribution in [0.15, 0.2) is 24.3 Å². The van der Waals surface area contributed by atoms with Crippen LogP contribution in [0.25, 0.3) is 10.8 Å². The van der Waals surface area contributed by atoms with Crippen LogP contribution in [0.2, 0.25) is 0 Å². The number of rotatable bonds is 2. The van der Waals surface area contributed by atoms with Gasteiger partial charge in [0, 0.05) is 31.8 Å². The number of amides is 2. The minimum Gasteiger partial charge on any atom is -0.355 e. The Labute approximate surface area is 121 Å². The molecule has 2 amide bonds. The molecule has 1 heterocycles. The molecule has 3 rings (SSSR count). The van der Waals surface area contributed by atoms with Crippen molar-refractivity contribution in [2.75, 3.05) is 14.1 Å². The molecule has 1 N–H and O–H groups in total. The Hall–Kier alpha value is -2.69. The number of fused-ring (bicyclic) bond motifs is 2. The third-order valence-corrected chi connectivity index (χ3v) is 3.81. The normalized spacial score (nSPS) is 13.4. The summed E-state index contributed by atoms with van der Waals surface area (Å²) < 4.78 is 0. The molecule has 2 aromatic rings. The lowest BCUT2D eigenvalue weighted by Crippen LogP contribution is -2.19. The first-order valence-electron chi connectivity index (χ1n) is 6.58. The molecule has 0 radical (unpaired) electrons. The highest BCUT2D eigenvalue weighted by molar-refractivity contribution is 6.08. The Bertz CT molecular complexity index is 796. The van der Waals surface area contributed by atoms with Crippen molar-refractivity contribution < 1.29 is 14.4 Å². The average molecular weight is 282 g/mol. The van der Waals surface area contributed by atoms with Gasteiger partial charge in [-0.3, -0.25) is 14.4 Å². The highest BCUT2D eigenvalue weighted by Gasteiger charge is 2.25. The third kappa shape index (κ3) is 1.98. The molecular formula is C16H14N2O3. The minimum atomic E-state index is -0.317. The van der Waals surface area contributed by atoms with E-state index in [1.54, 1.807) is 30.1 Å². The summed E-state index contributed by atoms with van der Waals surface area (Å²) >= 11 is 0. The van der Waals surface area contributed by atoms with Crippen molar-refractivity contribution in [2.45, 2.75) is 6.54 Å². The molecule has 1 aliphatic rings. The Morgan fingerprint density at radius 3 is 2.62 bits per heavy atom. The third-order valence-electron chi connectivity index (χ3n) is 3.81. The van der Waals surface area contributed by atoms with E-state index in [1.807, 2.05) is 6.07 Å². The SMILES string of the molecule is CNC(=O)c1cc2cc3c(cc2cc1C=O)CN(C)C3=O. The molecule has 5 nitrogen and oxygen atoms in total. The maximum Gasteiger partial charge on any atom is 0.254 e. The number of carbonyl (C=O) groups excluding carboxylic acids is 3. The predicted octanol–water partition coefficient (Wildman–Crippen LogP) is 1.60. The first-order chi connectivity index (χ1) is 10.0. The second kappa shape index (κ2) is 4.70. The topological polar surface area (TPSA) is 66.5 Å². The van der Waals surface area contributed by atoms with Gasteiger partial charge in [-0.1, -0.05) is 0 Å². The fourth-order valence-electron chi connectivity index (χ4n) is 2.71. The minimum absolute atomic E-state index is 0.0205. The quantitative estimate of drug-likeness (QED) is 0.851. The molecule has 0 aromatic heterocycles. The van der Waals surface area contributed by atoms with E-state index in [4.69, 9.17) is 0 Å². The highest BCUT2D eigenvalue weighted by Crippen LogP contribution is 2.28. The van der Waals surface area contributed by atoms with Crippen molar-refractivity contribution in [3.63, 3.8) is 0 Å². The van der Waals surface area contributed by atoms with Crippen LogP contribution in [0.4, 0.5) is 0 Å². The Morgan fingerprint density at radius 2 is 1.95 bits per heavy atom. The van der Waals surface area contributed by atoms with E-state index >= 15 is 0 Å². The van der Waals surface area contributed by atoms with Gasteiger partial charge in [-0.25, -0.2) is 0 Å². The number of nitrogens with one attached hydrogen (secondary N) is 1. The van der Waals surface area contributed by atoms with Gasteiger partial charge in [0.15, 0.2) is 6.29 Å². The molecule has 0 atom stereocenters. The van der Waals surface area contributed by atoms with Gasteiger partial charge in [0.25, 0.3) is 11.8 Å². The van der Waals surface area contributed by atoms with Crippen LogP contribution in [0.5, 0.6) is 0 Å². The Kier molecular flexibility index (Phi) is 2.97. The summed E-state index contributed by atoms with van der Waals surface area (Å²) in [4.78, 5) is 36.7. The molecule has 0 spiro atoms. The van der Waals surface area contributed by atoms with Crippen LogP contribution in [0.1, 0.15) is 36.6 Å². The number of hydrogen-bond acceptors (Lipinski definition) is 3. The molecule has 0 saturated heterocycles. The molecule has 0 unspecified atom stereocenters. The van der Waals surface area contributed by atoms with Crippen molar-refractivity contribution in [1.82, 2.24) is 10.2 Å². The monoisotopic (exact) mass is 282 g/mol. The smallest absolute Gasteiger partial charge is 0.254 e. The van der Waals surface area contributed by atoms with Gasteiger partial charge in [-0.15, -0.1) is 0 Å². The van der Waals surface area contributed by atoms with Gasteiger partial charge in [-0.05, 0) is 40.6 Å². The van der Waals surface area contributed by atoms with E-state index in [0.29, 0.717) is 29.5 Å². The molecule has 0 saturated carbocycles. The molecule has 2 aromatic carbocycles. The maximum absolute atomic E-state index is 12.0. The lowest BCUT2D eigenvalue weighted by Gasteiger charge is -2.07. The Morgan fingerprint density at radius 1 is 1.24 bits per heavy atom. The van der Waals surface area contributed by atoms with Crippen LogP contribution < -0.4 is 5.32 Å². The predicted molar refractivity (Wildman–Crippen MR) is 78.5 cm³/mol. The van der Waals surface area contributed by atoms with Crippen LogP contribution in [-0.2, 0) is 6.54 Å². The van der Waals surface area contributed by atoms with Crippen molar-refractivity contribution in [3.05, 3.63) is 46.5 Å². The zero-order chi connectivity index (χ0) is 15.1. The summed E-state index contributed by atoms with van der Waals surface area (Å²) in [6, 6.07) is 7.05. The average Bonchev–Trinajstić information content (AvgIpc) is 2.77. The standard InChI is InChI=1S/C16H14N2O3/c1-17-15(20)13-5-10-6-14-11(7-18(2)16(14)21)3-9(10)4-12(13)8-19/h3-6,8H,7H2,1-2H3,(H,17,20). The number of benzene rings is 2. The molecule has 0 bridgehead atoms. The summed E-state index contributed by atoms with van der Waals surface area (Å²) in [5.41, 5.74) is 2.27. The fourth-order valence-corrected chi connectivity index (χ4v) is 2.71. The van der Waals surface area contributed by atoms with Crippen molar-refractivity contribution in [1.29, 1.82) is 0 Å². The number of nitrogens with zero attached hydrogens (tertiary/aromatic N) is 1. The number of aldehydes is 1. The van der Waals surface area contributed by atoms with E-state index in [0.717, 1.165) is 16.3 Å². The summed E-state index contributed by atoms with van der Waals surface area (Å²) in [5.74, 6) is -0.337. The maximum atomic E-state index is 12.0. The fraction of sp³-hybridized carbons (Fsp3) is 0.188. The zero-order valence-electron chi connectivity index (χ0n) is 11.8. The molecule has 0 aliphatic carbocycles. The van der Waals surface area contributed by atoms with Gasteiger partial charge < -0.3 is 10.2 Å².